The van der Waals surface area contributed by atoms with Crippen molar-refractivity contribution in [2.45, 2.75) is 43.0 Å². The molecular weight excluding hydrogens is 234 g/mol. The van der Waals surface area contributed by atoms with Crippen LogP contribution < -0.4 is 5.73 Å². The van der Waals surface area contributed by atoms with Crippen molar-refractivity contribution in [2.24, 2.45) is 11.7 Å². The second-order valence-electron chi connectivity index (χ2n) is 4.30. The molecule has 0 radical (unpaired) electrons. The zero-order chi connectivity index (χ0) is 13.3. The van der Waals surface area contributed by atoms with Crippen LogP contribution in [0.25, 0.3) is 0 Å². The Kier molecular flexibility index (Phi) is 4.42. The summed E-state index contributed by atoms with van der Waals surface area (Å²) in [5.74, 6) is -2.82. The van der Waals surface area contributed by atoms with Gasteiger partial charge in [-0.05, 0) is 6.42 Å². The second-order valence-corrected chi connectivity index (χ2v) is 4.30. The SMILES string of the molecule is N[C@H]1C[C@@H](C(=O)O)[C@H](O)[C@@H](O)[C@@H](O)[C@H](O)[C@@H]1O. The predicted octanol–water partition coefficient (Wildman–Crippen LogP) is -3.78. The van der Waals surface area contributed by atoms with E-state index in [0.717, 1.165) is 0 Å². The minimum absolute atomic E-state index is 0.321. The van der Waals surface area contributed by atoms with E-state index in [1.807, 2.05) is 0 Å². The number of carbonyl (C=O) groups is 1. The van der Waals surface area contributed by atoms with Crippen LogP contribution in [0.4, 0.5) is 0 Å². The molecule has 0 unspecified atom stereocenters. The first-order chi connectivity index (χ1) is 7.77. The average molecular weight is 251 g/mol. The third-order valence-corrected chi connectivity index (χ3v) is 3.09. The van der Waals surface area contributed by atoms with Crippen LogP contribution in [0.1, 0.15) is 6.42 Å². The number of hydrogen-bond acceptors (Lipinski definition) is 7. The summed E-state index contributed by atoms with van der Waals surface area (Å²) >= 11 is 0. The molecule has 0 saturated heterocycles. The highest BCUT2D eigenvalue weighted by molar-refractivity contribution is 5.71. The van der Waals surface area contributed by atoms with Crippen molar-refractivity contribution in [3.8, 4) is 0 Å². The second kappa shape index (κ2) is 5.25. The molecule has 0 bridgehead atoms. The zero-order valence-corrected chi connectivity index (χ0v) is 8.92. The Bertz CT molecular complexity index is 287. The molecule has 1 aliphatic carbocycles. The Morgan fingerprint density at radius 1 is 0.882 bits per heavy atom. The molecule has 0 aromatic rings. The fourth-order valence-corrected chi connectivity index (χ4v) is 1.92. The van der Waals surface area contributed by atoms with Gasteiger partial charge in [0.25, 0.3) is 0 Å². The summed E-state index contributed by atoms with van der Waals surface area (Å²) in [5, 5.41) is 56.3. The fourth-order valence-electron chi connectivity index (χ4n) is 1.92. The van der Waals surface area contributed by atoms with Crippen LogP contribution in [0.15, 0.2) is 0 Å². The molecule has 8 nitrogen and oxygen atoms in total. The molecule has 0 amide bonds. The highest BCUT2D eigenvalue weighted by Crippen LogP contribution is 2.24. The number of carboxylic acids is 1. The average Bonchev–Trinajstić information content (AvgIpc) is 2.29. The molecule has 100 valence electrons. The van der Waals surface area contributed by atoms with Crippen molar-refractivity contribution in [1.29, 1.82) is 0 Å². The first kappa shape index (κ1) is 14.3. The molecule has 8 heteroatoms. The van der Waals surface area contributed by atoms with Crippen LogP contribution in [-0.4, -0.2) is 73.2 Å². The summed E-state index contributed by atoms with van der Waals surface area (Å²) in [5.41, 5.74) is 5.46. The van der Waals surface area contributed by atoms with Crippen LogP contribution >= 0.6 is 0 Å². The summed E-state index contributed by atoms with van der Waals surface area (Å²) in [6.07, 6.45) is -9.14. The highest BCUT2D eigenvalue weighted by Gasteiger charge is 2.45. The summed E-state index contributed by atoms with van der Waals surface area (Å²) in [6, 6.07) is -1.12. The maximum absolute atomic E-state index is 10.9. The van der Waals surface area contributed by atoms with E-state index in [9.17, 15) is 30.3 Å². The smallest absolute Gasteiger partial charge is 0.309 e. The van der Waals surface area contributed by atoms with Gasteiger partial charge in [0.1, 0.15) is 18.3 Å². The molecule has 1 rings (SSSR count). The van der Waals surface area contributed by atoms with Gasteiger partial charge in [-0.25, -0.2) is 0 Å². The van der Waals surface area contributed by atoms with Gasteiger partial charge in [-0.2, -0.15) is 0 Å². The largest absolute Gasteiger partial charge is 0.481 e. The standard InChI is InChI=1S/C9H17NO7/c10-3-1-2(9(16)17)4(11)6(13)8(15)7(14)5(3)12/h2-8,11-15H,1,10H2,(H,16,17)/t2-,3+,4+,5-,6-,7-,8-/m1/s1. The van der Waals surface area contributed by atoms with Gasteiger partial charge < -0.3 is 36.4 Å². The lowest BCUT2D eigenvalue weighted by Crippen LogP contribution is -2.59. The maximum atomic E-state index is 10.9. The maximum Gasteiger partial charge on any atom is 0.309 e. The Morgan fingerprint density at radius 3 is 1.76 bits per heavy atom. The Labute approximate surface area is 96.9 Å². The van der Waals surface area contributed by atoms with Gasteiger partial charge in [0.2, 0.25) is 0 Å². The van der Waals surface area contributed by atoms with Crippen LogP contribution in [0, 0.1) is 5.92 Å². The third-order valence-electron chi connectivity index (χ3n) is 3.09. The van der Waals surface area contributed by atoms with Crippen LogP contribution in [0.5, 0.6) is 0 Å². The van der Waals surface area contributed by atoms with E-state index in [4.69, 9.17) is 10.8 Å². The number of aliphatic hydroxyl groups excluding tert-OH is 5. The first-order valence-electron chi connectivity index (χ1n) is 5.16. The van der Waals surface area contributed by atoms with Crippen LogP contribution in [0.2, 0.25) is 0 Å². The summed E-state index contributed by atoms with van der Waals surface area (Å²) in [6.45, 7) is 0. The Morgan fingerprint density at radius 2 is 1.29 bits per heavy atom. The zero-order valence-electron chi connectivity index (χ0n) is 8.92. The molecule has 0 heterocycles. The van der Waals surface area contributed by atoms with Crippen molar-refractivity contribution in [3.63, 3.8) is 0 Å². The number of carboxylic acid groups (broad SMARTS) is 1. The lowest BCUT2D eigenvalue weighted by atomic mass is 9.81. The Hall–Kier alpha value is -0.770. The van der Waals surface area contributed by atoms with Crippen molar-refractivity contribution in [3.05, 3.63) is 0 Å². The monoisotopic (exact) mass is 251 g/mol. The molecule has 0 aliphatic heterocycles. The molecule has 0 aromatic heterocycles. The van der Waals surface area contributed by atoms with Crippen molar-refractivity contribution in [2.75, 3.05) is 0 Å². The van der Waals surface area contributed by atoms with Gasteiger partial charge in [-0.15, -0.1) is 0 Å². The topological polar surface area (TPSA) is 164 Å². The molecule has 0 aromatic carbocycles. The fraction of sp³-hybridized carbons (Fsp3) is 0.889. The van der Waals surface area contributed by atoms with Gasteiger partial charge in [0.15, 0.2) is 0 Å². The first-order valence-corrected chi connectivity index (χ1v) is 5.16. The molecule has 7 atom stereocenters. The van der Waals surface area contributed by atoms with E-state index in [1.54, 1.807) is 0 Å². The molecule has 0 spiro atoms. The normalized spacial score (nSPS) is 48.2. The van der Waals surface area contributed by atoms with Gasteiger partial charge in [0, 0.05) is 6.04 Å². The lowest BCUT2D eigenvalue weighted by Gasteiger charge is -2.37. The third kappa shape index (κ3) is 2.73. The molecular formula is C9H17NO7. The van der Waals surface area contributed by atoms with Crippen LogP contribution in [0.3, 0.4) is 0 Å². The van der Waals surface area contributed by atoms with Crippen molar-refractivity contribution in [1.82, 2.24) is 0 Å². The number of hydrogen-bond donors (Lipinski definition) is 7. The number of aliphatic carboxylic acids is 1. The highest BCUT2D eigenvalue weighted by atomic mass is 16.4. The van der Waals surface area contributed by atoms with Gasteiger partial charge in [-0.3, -0.25) is 4.79 Å². The number of rotatable bonds is 1. The lowest BCUT2D eigenvalue weighted by molar-refractivity contribution is -0.174. The van der Waals surface area contributed by atoms with E-state index >= 15 is 0 Å². The van der Waals surface area contributed by atoms with E-state index in [2.05, 4.69) is 0 Å². The summed E-state index contributed by atoms with van der Waals surface area (Å²) in [7, 11) is 0. The summed E-state index contributed by atoms with van der Waals surface area (Å²) < 4.78 is 0. The molecule has 8 N–H and O–H groups in total. The van der Waals surface area contributed by atoms with E-state index in [1.165, 1.54) is 0 Å². The molecule has 1 fully saturated rings. The van der Waals surface area contributed by atoms with Crippen LogP contribution in [-0.2, 0) is 4.79 Å². The van der Waals surface area contributed by atoms with Crippen molar-refractivity contribution >= 4 is 5.97 Å². The van der Waals surface area contributed by atoms with E-state index in [0.29, 0.717) is 0 Å². The minimum atomic E-state index is -1.87. The van der Waals surface area contributed by atoms with Gasteiger partial charge >= 0.3 is 5.97 Å². The van der Waals surface area contributed by atoms with Gasteiger partial charge in [-0.1, -0.05) is 0 Å². The van der Waals surface area contributed by atoms with Gasteiger partial charge in [0.05, 0.1) is 18.1 Å². The number of nitrogens with two attached hydrogens (primary N) is 1. The van der Waals surface area contributed by atoms with E-state index in [-0.39, 0.29) is 6.42 Å². The van der Waals surface area contributed by atoms with Crippen molar-refractivity contribution < 1.29 is 35.4 Å². The Balaban J connectivity index is 2.99. The minimum Gasteiger partial charge on any atom is -0.481 e. The number of aliphatic hydroxyl groups is 5. The predicted molar refractivity (Wildman–Crippen MR) is 53.8 cm³/mol. The summed E-state index contributed by atoms with van der Waals surface area (Å²) in [4.78, 5) is 10.9. The van der Waals surface area contributed by atoms with E-state index < -0.39 is 48.4 Å². The molecule has 17 heavy (non-hydrogen) atoms. The quantitative estimate of drug-likeness (QED) is 0.249. The molecule has 1 aliphatic rings. The molecule has 1 saturated carbocycles.